The highest BCUT2D eigenvalue weighted by atomic mass is 28.3. The van der Waals surface area contributed by atoms with Gasteiger partial charge in [0.15, 0.2) is 0 Å². The molecule has 1 aromatic heterocycles. The Kier molecular flexibility index (Phi) is 7.37. The van der Waals surface area contributed by atoms with Crippen molar-refractivity contribution in [1.82, 2.24) is 14.8 Å². The highest BCUT2D eigenvalue weighted by Gasteiger charge is 2.32. The van der Waals surface area contributed by atoms with E-state index in [4.69, 9.17) is 0 Å². The smallest absolute Gasteiger partial charge is 0.355 e. The summed E-state index contributed by atoms with van der Waals surface area (Å²) in [5.74, 6) is -0.0196. The number of hydrogen-bond donors (Lipinski definition) is 2. The number of hydrogen-bond acceptors (Lipinski definition) is 5. The Labute approximate surface area is 224 Å². The normalized spacial score (nSPS) is 14.6. The molecule has 5 rings (SSSR count). The largest absolute Gasteiger partial charge is 0.421 e. The summed E-state index contributed by atoms with van der Waals surface area (Å²) in [7, 11) is -2.54. The number of nitrogens with zero attached hydrogens (tertiary/aromatic N) is 3. The lowest BCUT2D eigenvalue weighted by Gasteiger charge is -2.44. The average Bonchev–Trinajstić information content (AvgIpc) is 2.97. The van der Waals surface area contributed by atoms with Gasteiger partial charge in [0.1, 0.15) is 0 Å². The lowest BCUT2D eigenvalue weighted by molar-refractivity contribution is 0.0392. The first-order valence-corrected chi connectivity index (χ1v) is 14.2. The summed E-state index contributed by atoms with van der Waals surface area (Å²) in [6.45, 7) is 7.36. The molecule has 2 heterocycles. The minimum Gasteiger partial charge on any atom is -0.421 e. The SMILES string of the molecule is CC(C)(c1ccccc1)N1CCN(C(=O)c2ccc(NC(=O)[Si](O)c3cccc4cccnc34)cc2)CC1. The maximum atomic E-state index is 13.2. The Morgan fingerprint density at radius 2 is 1.55 bits per heavy atom. The van der Waals surface area contributed by atoms with Gasteiger partial charge in [-0.2, -0.15) is 0 Å². The van der Waals surface area contributed by atoms with Crippen LogP contribution < -0.4 is 10.5 Å². The number of para-hydroxylation sites is 1. The van der Waals surface area contributed by atoms with Crippen molar-refractivity contribution in [2.45, 2.75) is 19.4 Å². The van der Waals surface area contributed by atoms with Crippen LogP contribution in [-0.4, -0.2) is 66.2 Å². The lowest BCUT2D eigenvalue weighted by atomic mass is 9.91. The van der Waals surface area contributed by atoms with Crippen molar-refractivity contribution in [3.8, 4) is 0 Å². The number of fused-ring (bicyclic) bond motifs is 1. The first-order valence-electron chi connectivity index (χ1n) is 12.8. The van der Waals surface area contributed by atoms with Gasteiger partial charge in [-0.1, -0.05) is 54.6 Å². The molecule has 3 aromatic carbocycles. The van der Waals surface area contributed by atoms with Crippen LogP contribution in [0.2, 0.25) is 0 Å². The van der Waals surface area contributed by atoms with E-state index in [9.17, 15) is 14.4 Å². The predicted molar refractivity (Wildman–Crippen MR) is 152 cm³/mol. The molecule has 0 unspecified atom stereocenters. The van der Waals surface area contributed by atoms with Crippen LogP contribution in [0.4, 0.5) is 10.5 Å². The third kappa shape index (κ3) is 5.24. The number of anilines is 1. The van der Waals surface area contributed by atoms with Gasteiger partial charge in [-0.25, -0.2) is 0 Å². The molecular formula is C30H31N4O3Si. The van der Waals surface area contributed by atoms with Gasteiger partial charge >= 0.3 is 9.04 Å². The van der Waals surface area contributed by atoms with Crippen LogP contribution in [-0.2, 0) is 5.54 Å². The molecule has 0 aliphatic carbocycles. The molecule has 2 N–H and O–H groups in total. The number of piperazine rings is 1. The molecule has 4 aromatic rings. The number of benzene rings is 3. The summed E-state index contributed by atoms with van der Waals surface area (Å²) in [4.78, 5) is 45.4. The Hall–Kier alpha value is -3.85. The van der Waals surface area contributed by atoms with Crippen LogP contribution in [0.5, 0.6) is 0 Å². The second-order valence-corrected chi connectivity index (χ2v) is 11.7. The van der Waals surface area contributed by atoms with Crippen LogP contribution in [0.1, 0.15) is 29.8 Å². The van der Waals surface area contributed by atoms with E-state index in [0.29, 0.717) is 35.0 Å². The zero-order valence-corrected chi connectivity index (χ0v) is 22.6. The van der Waals surface area contributed by atoms with E-state index in [0.717, 1.165) is 18.5 Å². The molecule has 193 valence electrons. The van der Waals surface area contributed by atoms with Crippen LogP contribution in [0, 0.1) is 0 Å². The maximum Gasteiger partial charge on any atom is 0.355 e. The van der Waals surface area contributed by atoms with E-state index in [1.165, 1.54) is 5.56 Å². The standard InChI is InChI=1S/C30H31N4O3Si/c1-30(2,24-10-4-3-5-11-24)34-20-18-33(19-21-34)28(35)23-13-15-25(16-14-23)32-29(36)38(37)26-12-6-8-22-9-7-17-31-27(22)26/h3-17,37H,18-21H2,1-2H3,(H,32,36). The highest BCUT2D eigenvalue weighted by molar-refractivity contribution is 6.96. The topological polar surface area (TPSA) is 85.8 Å². The molecule has 2 amide bonds. The van der Waals surface area contributed by atoms with E-state index in [1.807, 2.05) is 35.2 Å². The van der Waals surface area contributed by atoms with Crippen molar-refractivity contribution in [3.63, 3.8) is 0 Å². The molecule has 0 atom stereocenters. The van der Waals surface area contributed by atoms with E-state index in [2.05, 4.69) is 53.3 Å². The average molecular weight is 524 g/mol. The van der Waals surface area contributed by atoms with Crippen LogP contribution in [0.25, 0.3) is 10.9 Å². The van der Waals surface area contributed by atoms with Crippen molar-refractivity contribution >= 4 is 42.3 Å². The molecule has 0 bridgehead atoms. The van der Waals surface area contributed by atoms with Gasteiger partial charge in [-0.3, -0.25) is 19.5 Å². The van der Waals surface area contributed by atoms with Crippen molar-refractivity contribution in [2.75, 3.05) is 31.5 Å². The van der Waals surface area contributed by atoms with Crippen molar-refractivity contribution in [3.05, 3.63) is 102 Å². The molecule has 1 aliphatic heterocycles. The summed E-state index contributed by atoms with van der Waals surface area (Å²) in [6.07, 6.45) is 1.65. The fourth-order valence-electron chi connectivity index (χ4n) is 4.98. The van der Waals surface area contributed by atoms with E-state index >= 15 is 0 Å². The van der Waals surface area contributed by atoms with Gasteiger partial charge in [0.2, 0.25) is 5.53 Å². The third-order valence-electron chi connectivity index (χ3n) is 7.33. The second-order valence-electron chi connectivity index (χ2n) is 9.97. The van der Waals surface area contributed by atoms with Gasteiger partial charge in [-0.05, 0) is 49.7 Å². The summed E-state index contributed by atoms with van der Waals surface area (Å²) in [5.41, 5.74) is 2.45. The number of pyridine rings is 1. The van der Waals surface area contributed by atoms with Gasteiger partial charge in [0.05, 0.1) is 5.52 Å². The molecule has 8 heteroatoms. The molecule has 1 fully saturated rings. The Morgan fingerprint density at radius 3 is 2.26 bits per heavy atom. The monoisotopic (exact) mass is 523 g/mol. The first kappa shape index (κ1) is 25.8. The summed E-state index contributed by atoms with van der Waals surface area (Å²) >= 11 is 0. The molecule has 0 spiro atoms. The number of carbonyl (C=O) groups is 2. The van der Waals surface area contributed by atoms with Gasteiger partial charge in [-0.15, -0.1) is 0 Å². The second kappa shape index (κ2) is 10.9. The maximum absolute atomic E-state index is 13.2. The van der Waals surface area contributed by atoms with E-state index in [1.54, 1.807) is 36.5 Å². The summed E-state index contributed by atoms with van der Waals surface area (Å²) in [6, 6.07) is 26.5. The predicted octanol–water partition coefficient (Wildman–Crippen LogP) is 3.93. The van der Waals surface area contributed by atoms with Crippen LogP contribution in [0.3, 0.4) is 0 Å². The quantitative estimate of drug-likeness (QED) is 0.374. The highest BCUT2D eigenvalue weighted by Crippen LogP contribution is 2.29. The van der Waals surface area contributed by atoms with Crippen molar-refractivity contribution in [1.29, 1.82) is 0 Å². The van der Waals surface area contributed by atoms with Crippen LogP contribution in [0.15, 0.2) is 91.1 Å². The minimum atomic E-state index is -2.54. The Bertz CT molecular complexity index is 1430. The number of rotatable bonds is 6. The summed E-state index contributed by atoms with van der Waals surface area (Å²) in [5, 5.41) is 4.21. The number of amides is 2. The van der Waals surface area contributed by atoms with Gasteiger partial charge in [0.25, 0.3) is 5.91 Å². The van der Waals surface area contributed by atoms with E-state index < -0.39 is 14.6 Å². The molecular weight excluding hydrogens is 492 g/mol. The molecule has 38 heavy (non-hydrogen) atoms. The van der Waals surface area contributed by atoms with E-state index in [-0.39, 0.29) is 11.4 Å². The fourth-order valence-corrected chi connectivity index (χ4v) is 6.18. The van der Waals surface area contributed by atoms with Gasteiger partial charge in [0, 0.05) is 59.7 Å². The van der Waals surface area contributed by atoms with Crippen LogP contribution >= 0.6 is 0 Å². The number of nitrogens with one attached hydrogen (secondary N) is 1. The summed E-state index contributed by atoms with van der Waals surface area (Å²) < 4.78 is 0. The van der Waals surface area contributed by atoms with Crippen molar-refractivity contribution in [2.24, 2.45) is 0 Å². The molecule has 1 aliphatic rings. The van der Waals surface area contributed by atoms with Crippen molar-refractivity contribution < 1.29 is 14.4 Å². The molecule has 0 saturated carbocycles. The Morgan fingerprint density at radius 1 is 0.868 bits per heavy atom. The fraction of sp³-hybridized carbons (Fsp3) is 0.233. The lowest BCUT2D eigenvalue weighted by Crippen LogP contribution is -2.54. The molecule has 1 radical (unpaired) electrons. The van der Waals surface area contributed by atoms with Gasteiger partial charge < -0.3 is 15.0 Å². The third-order valence-corrected chi connectivity index (χ3v) is 8.80. The molecule has 1 saturated heterocycles. The molecule has 7 nitrogen and oxygen atoms in total. The first-order chi connectivity index (χ1) is 18.3. The zero-order chi connectivity index (χ0) is 26.7. The number of aromatic nitrogens is 1. The minimum absolute atomic E-state index is 0.0196. The number of carbonyl (C=O) groups excluding carboxylic acids is 2. The zero-order valence-electron chi connectivity index (χ0n) is 21.6. The Balaban J connectivity index is 1.19.